The standard InChI is InChI=1S/C15H26N4O8/c1-7(22)11(18-12(23)8(16)5-20)13(24)17-9(6-21)14(25)19-4-2-3-10(19)15(26)27/h7-11,20-22H,2-6,16H2,1H3,(H,17,24)(H,18,23)(H,26,27)/t7-,8+,9+,10+,11+/m1/s1. The molecule has 1 saturated heterocycles. The van der Waals surface area contributed by atoms with Crippen LogP contribution in [0, 0.1) is 0 Å². The van der Waals surface area contributed by atoms with Gasteiger partial charge in [0.2, 0.25) is 17.7 Å². The maximum Gasteiger partial charge on any atom is 0.326 e. The number of amides is 3. The Morgan fingerprint density at radius 2 is 1.78 bits per heavy atom. The highest BCUT2D eigenvalue weighted by Crippen LogP contribution is 2.18. The molecule has 12 heteroatoms. The van der Waals surface area contributed by atoms with E-state index in [0.29, 0.717) is 6.42 Å². The zero-order valence-corrected chi connectivity index (χ0v) is 14.9. The number of nitrogens with zero attached hydrogens (tertiary/aromatic N) is 1. The number of nitrogens with one attached hydrogen (secondary N) is 2. The van der Waals surface area contributed by atoms with Gasteiger partial charge in [-0.2, -0.15) is 0 Å². The van der Waals surface area contributed by atoms with Crippen LogP contribution in [0.2, 0.25) is 0 Å². The summed E-state index contributed by atoms with van der Waals surface area (Å²) in [6, 6.07) is -5.29. The summed E-state index contributed by atoms with van der Waals surface area (Å²) in [5.74, 6) is -3.83. The smallest absolute Gasteiger partial charge is 0.326 e. The topological polar surface area (TPSA) is 203 Å². The van der Waals surface area contributed by atoms with Gasteiger partial charge in [-0.1, -0.05) is 0 Å². The highest BCUT2D eigenvalue weighted by molar-refractivity contribution is 5.94. The van der Waals surface area contributed by atoms with Crippen molar-refractivity contribution in [1.29, 1.82) is 0 Å². The summed E-state index contributed by atoms with van der Waals surface area (Å²) in [7, 11) is 0. The lowest BCUT2D eigenvalue weighted by Crippen LogP contribution is -2.60. The van der Waals surface area contributed by atoms with Crippen LogP contribution in [0.1, 0.15) is 19.8 Å². The van der Waals surface area contributed by atoms with Crippen LogP contribution in [-0.4, -0.2) is 99.0 Å². The van der Waals surface area contributed by atoms with Crippen LogP contribution in [0.5, 0.6) is 0 Å². The molecule has 0 aromatic rings. The van der Waals surface area contributed by atoms with Crippen molar-refractivity contribution < 1.29 is 39.6 Å². The number of likely N-dealkylation sites (tertiary alicyclic amines) is 1. The van der Waals surface area contributed by atoms with E-state index < -0.39 is 67.2 Å². The Morgan fingerprint density at radius 1 is 1.15 bits per heavy atom. The van der Waals surface area contributed by atoms with Crippen LogP contribution in [-0.2, 0) is 19.2 Å². The number of aliphatic hydroxyl groups excluding tert-OH is 3. The Kier molecular flexibility index (Phi) is 8.56. The molecule has 8 N–H and O–H groups in total. The fraction of sp³-hybridized carbons (Fsp3) is 0.733. The van der Waals surface area contributed by atoms with Crippen LogP contribution >= 0.6 is 0 Å². The molecule has 0 bridgehead atoms. The van der Waals surface area contributed by atoms with Crippen LogP contribution in [0.15, 0.2) is 0 Å². The fourth-order valence-electron chi connectivity index (χ4n) is 2.68. The summed E-state index contributed by atoms with van der Waals surface area (Å²) in [6.07, 6.45) is -0.633. The Hall–Kier alpha value is -2.28. The zero-order chi connectivity index (χ0) is 20.7. The molecule has 1 aliphatic heterocycles. The van der Waals surface area contributed by atoms with Gasteiger partial charge in [-0.25, -0.2) is 4.79 Å². The molecule has 154 valence electrons. The normalized spacial score (nSPS) is 21.1. The number of carbonyl (C=O) groups is 4. The molecule has 1 heterocycles. The number of carbonyl (C=O) groups excluding carboxylic acids is 3. The zero-order valence-electron chi connectivity index (χ0n) is 14.9. The minimum Gasteiger partial charge on any atom is -0.480 e. The molecule has 3 amide bonds. The highest BCUT2D eigenvalue weighted by atomic mass is 16.4. The van der Waals surface area contributed by atoms with Crippen LogP contribution in [0.4, 0.5) is 0 Å². The number of carboxylic acids is 1. The average Bonchev–Trinajstić information content (AvgIpc) is 3.12. The first-order valence-corrected chi connectivity index (χ1v) is 8.43. The third-order valence-corrected chi connectivity index (χ3v) is 4.21. The second-order valence-corrected chi connectivity index (χ2v) is 6.29. The Morgan fingerprint density at radius 3 is 2.26 bits per heavy atom. The first kappa shape index (κ1) is 22.8. The van der Waals surface area contributed by atoms with Crippen LogP contribution in [0.25, 0.3) is 0 Å². The number of aliphatic carboxylic acids is 1. The average molecular weight is 390 g/mol. The molecule has 27 heavy (non-hydrogen) atoms. The first-order valence-electron chi connectivity index (χ1n) is 8.43. The SMILES string of the molecule is C[C@@H](O)[C@H](NC(=O)[C@@H](N)CO)C(=O)N[C@@H](CO)C(=O)N1CCC[C@H]1C(=O)O. The lowest BCUT2D eigenvalue weighted by molar-refractivity contribution is -0.150. The molecule has 0 aliphatic carbocycles. The summed E-state index contributed by atoms with van der Waals surface area (Å²) in [4.78, 5) is 48.8. The van der Waals surface area contributed by atoms with E-state index in [1.807, 2.05) is 0 Å². The van der Waals surface area contributed by atoms with Crippen molar-refractivity contribution in [3.05, 3.63) is 0 Å². The fourth-order valence-corrected chi connectivity index (χ4v) is 2.68. The number of hydrogen-bond acceptors (Lipinski definition) is 8. The Bertz CT molecular complexity index is 570. The summed E-state index contributed by atoms with van der Waals surface area (Å²) in [5, 5.41) is 41.5. The summed E-state index contributed by atoms with van der Waals surface area (Å²) in [5.41, 5.74) is 5.34. The molecule has 0 saturated carbocycles. The third kappa shape index (κ3) is 5.85. The van der Waals surface area contributed by atoms with Crippen molar-refractivity contribution in [2.45, 2.75) is 50.0 Å². The quantitative estimate of drug-likeness (QED) is 0.203. The third-order valence-electron chi connectivity index (χ3n) is 4.21. The van der Waals surface area contributed by atoms with Gasteiger partial charge >= 0.3 is 5.97 Å². The second kappa shape index (κ2) is 10.2. The van der Waals surface area contributed by atoms with E-state index in [0.717, 1.165) is 4.90 Å². The van der Waals surface area contributed by atoms with Gasteiger partial charge in [-0.05, 0) is 19.8 Å². The van der Waals surface area contributed by atoms with E-state index in [1.54, 1.807) is 0 Å². The predicted molar refractivity (Wildman–Crippen MR) is 90.1 cm³/mol. The number of rotatable bonds is 9. The molecule has 12 nitrogen and oxygen atoms in total. The number of hydrogen-bond donors (Lipinski definition) is 7. The van der Waals surface area contributed by atoms with E-state index in [4.69, 9.17) is 15.9 Å². The minimum atomic E-state index is -1.49. The highest BCUT2D eigenvalue weighted by Gasteiger charge is 2.38. The number of carboxylic acid groups (broad SMARTS) is 1. The van der Waals surface area contributed by atoms with Gasteiger partial charge in [0.1, 0.15) is 24.2 Å². The lowest BCUT2D eigenvalue weighted by Gasteiger charge is -2.28. The van der Waals surface area contributed by atoms with E-state index >= 15 is 0 Å². The van der Waals surface area contributed by atoms with Gasteiger partial charge in [-0.3, -0.25) is 14.4 Å². The van der Waals surface area contributed by atoms with Gasteiger partial charge in [0.05, 0.1) is 19.3 Å². The minimum absolute atomic E-state index is 0.171. The maximum absolute atomic E-state index is 12.5. The largest absolute Gasteiger partial charge is 0.480 e. The second-order valence-electron chi connectivity index (χ2n) is 6.29. The first-order chi connectivity index (χ1) is 12.6. The van der Waals surface area contributed by atoms with Crippen molar-refractivity contribution in [3.8, 4) is 0 Å². The number of nitrogens with two attached hydrogens (primary N) is 1. The molecule has 5 atom stereocenters. The van der Waals surface area contributed by atoms with Gasteiger partial charge in [0.15, 0.2) is 0 Å². The van der Waals surface area contributed by atoms with E-state index in [2.05, 4.69) is 10.6 Å². The van der Waals surface area contributed by atoms with Crippen molar-refractivity contribution in [2.24, 2.45) is 5.73 Å². The van der Waals surface area contributed by atoms with Crippen molar-refractivity contribution in [2.75, 3.05) is 19.8 Å². The molecule has 0 radical (unpaired) electrons. The molecule has 0 aromatic heterocycles. The van der Waals surface area contributed by atoms with Crippen molar-refractivity contribution in [1.82, 2.24) is 15.5 Å². The van der Waals surface area contributed by atoms with Crippen LogP contribution < -0.4 is 16.4 Å². The Balaban J connectivity index is 2.83. The van der Waals surface area contributed by atoms with Gasteiger partial charge in [0.25, 0.3) is 0 Å². The van der Waals surface area contributed by atoms with Crippen molar-refractivity contribution >= 4 is 23.7 Å². The number of aliphatic hydroxyl groups is 3. The van der Waals surface area contributed by atoms with Crippen LogP contribution in [0.3, 0.4) is 0 Å². The lowest BCUT2D eigenvalue weighted by atomic mass is 10.1. The van der Waals surface area contributed by atoms with Gasteiger partial charge in [-0.15, -0.1) is 0 Å². The summed E-state index contributed by atoms with van der Waals surface area (Å²) >= 11 is 0. The summed E-state index contributed by atoms with van der Waals surface area (Å²) < 4.78 is 0. The van der Waals surface area contributed by atoms with Gasteiger partial charge in [0, 0.05) is 6.54 Å². The monoisotopic (exact) mass is 390 g/mol. The van der Waals surface area contributed by atoms with Crippen molar-refractivity contribution in [3.63, 3.8) is 0 Å². The molecule has 0 unspecified atom stereocenters. The molecule has 1 aliphatic rings. The molecule has 1 fully saturated rings. The molecular formula is C15H26N4O8. The molecular weight excluding hydrogens is 364 g/mol. The maximum atomic E-state index is 12.5. The molecule has 1 rings (SSSR count). The molecule has 0 aromatic carbocycles. The predicted octanol–water partition coefficient (Wildman–Crippen LogP) is -4.28. The van der Waals surface area contributed by atoms with E-state index in [1.165, 1.54) is 6.92 Å². The van der Waals surface area contributed by atoms with E-state index in [-0.39, 0.29) is 13.0 Å². The molecule has 0 spiro atoms. The summed E-state index contributed by atoms with van der Waals surface area (Å²) in [6.45, 7) is -0.0941. The van der Waals surface area contributed by atoms with Gasteiger partial charge < -0.3 is 41.7 Å². The van der Waals surface area contributed by atoms with E-state index in [9.17, 15) is 29.4 Å². The Labute approximate surface area is 155 Å².